The Morgan fingerprint density at radius 2 is 1.72 bits per heavy atom. The highest BCUT2D eigenvalue weighted by atomic mass is 19.1. The minimum absolute atomic E-state index is 0.00366. The number of para-hydroxylation sites is 1. The van der Waals surface area contributed by atoms with Crippen molar-refractivity contribution in [3.05, 3.63) is 30.1 Å². The second-order valence-electron chi connectivity index (χ2n) is 8.79. The number of amides is 2. The van der Waals surface area contributed by atoms with E-state index in [9.17, 15) is 14.0 Å². The highest BCUT2D eigenvalue weighted by Crippen LogP contribution is 2.24. The van der Waals surface area contributed by atoms with E-state index in [0.29, 0.717) is 44.2 Å². The smallest absolute Gasteiger partial charge is 0.245 e. The molecule has 1 atom stereocenters. The molecule has 1 saturated carbocycles. The van der Waals surface area contributed by atoms with Crippen LogP contribution in [-0.2, 0) is 9.59 Å². The molecule has 1 aliphatic carbocycles. The SMILES string of the molecule is CC(C)C[C@H](NC(=O)C1CCCCC1)C(=O)N1CCN(c2ccccc2F)CC1. The van der Waals surface area contributed by atoms with Gasteiger partial charge in [0, 0.05) is 32.1 Å². The molecule has 2 fully saturated rings. The van der Waals surface area contributed by atoms with Gasteiger partial charge in [0.05, 0.1) is 5.69 Å². The zero-order chi connectivity index (χ0) is 20.8. The van der Waals surface area contributed by atoms with Gasteiger partial charge in [0.1, 0.15) is 11.9 Å². The first kappa shape index (κ1) is 21.6. The van der Waals surface area contributed by atoms with Gasteiger partial charge in [0.15, 0.2) is 0 Å². The van der Waals surface area contributed by atoms with Gasteiger partial charge in [0.25, 0.3) is 0 Å². The van der Waals surface area contributed by atoms with Crippen LogP contribution in [0.5, 0.6) is 0 Å². The second kappa shape index (κ2) is 10.1. The van der Waals surface area contributed by atoms with Gasteiger partial charge in [-0.25, -0.2) is 4.39 Å². The molecular formula is C23H34FN3O2. The minimum Gasteiger partial charge on any atom is -0.366 e. The van der Waals surface area contributed by atoms with Crippen molar-refractivity contribution in [2.75, 3.05) is 31.1 Å². The molecule has 1 saturated heterocycles. The van der Waals surface area contributed by atoms with Crippen molar-refractivity contribution >= 4 is 17.5 Å². The molecule has 1 aliphatic heterocycles. The fourth-order valence-corrected chi connectivity index (χ4v) is 4.44. The van der Waals surface area contributed by atoms with Crippen molar-refractivity contribution in [1.82, 2.24) is 10.2 Å². The first-order valence-corrected chi connectivity index (χ1v) is 11.0. The fraction of sp³-hybridized carbons (Fsp3) is 0.652. The zero-order valence-electron chi connectivity index (χ0n) is 17.7. The topological polar surface area (TPSA) is 52.7 Å². The lowest BCUT2D eigenvalue weighted by Crippen LogP contribution is -2.56. The van der Waals surface area contributed by atoms with E-state index in [4.69, 9.17) is 0 Å². The Hall–Kier alpha value is -2.11. The molecule has 160 valence electrons. The summed E-state index contributed by atoms with van der Waals surface area (Å²) in [6, 6.07) is 6.29. The molecule has 2 amide bonds. The van der Waals surface area contributed by atoms with Gasteiger partial charge >= 0.3 is 0 Å². The van der Waals surface area contributed by atoms with Crippen molar-refractivity contribution in [1.29, 1.82) is 0 Å². The van der Waals surface area contributed by atoms with Crippen LogP contribution >= 0.6 is 0 Å². The van der Waals surface area contributed by atoms with Crippen LogP contribution in [0.2, 0.25) is 0 Å². The minimum atomic E-state index is -0.468. The van der Waals surface area contributed by atoms with Gasteiger partial charge in [-0.15, -0.1) is 0 Å². The Balaban J connectivity index is 1.59. The maximum Gasteiger partial charge on any atom is 0.245 e. The number of rotatable bonds is 6. The van der Waals surface area contributed by atoms with Crippen molar-refractivity contribution in [2.24, 2.45) is 11.8 Å². The Morgan fingerprint density at radius 1 is 1.07 bits per heavy atom. The van der Waals surface area contributed by atoms with Crippen molar-refractivity contribution < 1.29 is 14.0 Å². The monoisotopic (exact) mass is 403 g/mol. The standard InChI is InChI=1S/C23H34FN3O2/c1-17(2)16-20(25-22(28)18-8-4-3-5-9-18)23(29)27-14-12-26(13-15-27)21-11-7-6-10-19(21)24/h6-7,10-11,17-18,20H,3-5,8-9,12-16H2,1-2H3,(H,25,28)/t20-/m0/s1. The number of hydrogen-bond acceptors (Lipinski definition) is 3. The van der Waals surface area contributed by atoms with E-state index in [0.717, 1.165) is 25.7 Å². The Kier molecular flexibility index (Phi) is 7.51. The van der Waals surface area contributed by atoms with Gasteiger partial charge in [-0.1, -0.05) is 45.2 Å². The van der Waals surface area contributed by atoms with Gasteiger partial charge in [-0.2, -0.15) is 0 Å². The summed E-state index contributed by atoms with van der Waals surface area (Å²) >= 11 is 0. The molecule has 2 aliphatic rings. The average Bonchev–Trinajstić information content (AvgIpc) is 2.73. The van der Waals surface area contributed by atoms with Crippen LogP contribution in [0.4, 0.5) is 10.1 Å². The third kappa shape index (κ3) is 5.71. The van der Waals surface area contributed by atoms with E-state index in [1.165, 1.54) is 12.5 Å². The van der Waals surface area contributed by atoms with Crippen LogP contribution in [0, 0.1) is 17.7 Å². The van der Waals surface area contributed by atoms with Gasteiger partial charge < -0.3 is 15.1 Å². The molecule has 1 N–H and O–H groups in total. The van der Waals surface area contributed by atoms with Crippen LogP contribution in [0.15, 0.2) is 24.3 Å². The molecule has 0 unspecified atom stereocenters. The number of benzene rings is 1. The molecule has 0 aromatic heterocycles. The normalized spacial score (nSPS) is 19.3. The lowest BCUT2D eigenvalue weighted by Gasteiger charge is -2.38. The molecule has 5 nitrogen and oxygen atoms in total. The molecule has 0 spiro atoms. The lowest BCUT2D eigenvalue weighted by atomic mass is 9.88. The Morgan fingerprint density at radius 3 is 2.34 bits per heavy atom. The largest absolute Gasteiger partial charge is 0.366 e. The summed E-state index contributed by atoms with van der Waals surface area (Å²) in [5.41, 5.74) is 0.587. The average molecular weight is 404 g/mol. The predicted molar refractivity (Wildman–Crippen MR) is 113 cm³/mol. The summed E-state index contributed by atoms with van der Waals surface area (Å²) in [5.74, 6) is 0.161. The highest BCUT2D eigenvalue weighted by Gasteiger charge is 2.31. The van der Waals surface area contributed by atoms with Crippen LogP contribution < -0.4 is 10.2 Å². The van der Waals surface area contributed by atoms with E-state index in [2.05, 4.69) is 19.2 Å². The molecule has 1 aromatic rings. The van der Waals surface area contributed by atoms with Crippen molar-refractivity contribution in [3.63, 3.8) is 0 Å². The number of carbonyl (C=O) groups is 2. The molecule has 1 aromatic carbocycles. The molecule has 29 heavy (non-hydrogen) atoms. The number of hydrogen-bond donors (Lipinski definition) is 1. The van der Waals surface area contributed by atoms with Gasteiger partial charge in [-0.05, 0) is 37.3 Å². The quantitative estimate of drug-likeness (QED) is 0.790. The molecular weight excluding hydrogens is 369 g/mol. The van der Waals surface area contributed by atoms with Crippen LogP contribution in [0.25, 0.3) is 0 Å². The number of carbonyl (C=O) groups excluding carboxylic acids is 2. The van der Waals surface area contributed by atoms with Crippen LogP contribution in [0.3, 0.4) is 0 Å². The van der Waals surface area contributed by atoms with Gasteiger partial charge in [0.2, 0.25) is 11.8 Å². The Bertz CT molecular complexity index is 695. The summed E-state index contributed by atoms with van der Waals surface area (Å²) in [7, 11) is 0. The number of anilines is 1. The number of nitrogens with one attached hydrogen (secondary N) is 1. The number of halogens is 1. The molecule has 3 rings (SSSR count). The summed E-state index contributed by atoms with van der Waals surface area (Å²) in [6.07, 6.45) is 5.89. The summed E-state index contributed by atoms with van der Waals surface area (Å²) in [5, 5.41) is 3.06. The predicted octanol–water partition coefficient (Wildman–Crippen LogP) is 3.59. The summed E-state index contributed by atoms with van der Waals surface area (Å²) in [6.45, 7) is 6.42. The third-order valence-corrected chi connectivity index (χ3v) is 6.08. The lowest BCUT2D eigenvalue weighted by molar-refractivity contribution is -0.138. The maximum absolute atomic E-state index is 14.1. The maximum atomic E-state index is 14.1. The van der Waals surface area contributed by atoms with Crippen molar-refractivity contribution in [2.45, 2.75) is 58.4 Å². The van der Waals surface area contributed by atoms with Crippen LogP contribution in [-0.4, -0.2) is 48.9 Å². The van der Waals surface area contributed by atoms with Crippen LogP contribution in [0.1, 0.15) is 52.4 Å². The number of piperazine rings is 1. The summed E-state index contributed by atoms with van der Waals surface area (Å²) in [4.78, 5) is 29.7. The van der Waals surface area contributed by atoms with E-state index >= 15 is 0 Å². The molecule has 6 heteroatoms. The van der Waals surface area contributed by atoms with Gasteiger partial charge in [-0.3, -0.25) is 9.59 Å². The first-order chi connectivity index (χ1) is 14.0. The zero-order valence-corrected chi connectivity index (χ0v) is 17.7. The molecule has 0 radical (unpaired) electrons. The highest BCUT2D eigenvalue weighted by molar-refractivity contribution is 5.88. The van der Waals surface area contributed by atoms with E-state index < -0.39 is 6.04 Å². The Labute approximate surface area is 173 Å². The molecule has 0 bridgehead atoms. The second-order valence-corrected chi connectivity index (χ2v) is 8.79. The molecule has 1 heterocycles. The fourth-order valence-electron chi connectivity index (χ4n) is 4.44. The van der Waals surface area contributed by atoms with Crippen molar-refractivity contribution in [3.8, 4) is 0 Å². The van der Waals surface area contributed by atoms with E-state index in [1.807, 2.05) is 15.9 Å². The number of nitrogens with zero attached hydrogens (tertiary/aromatic N) is 2. The summed E-state index contributed by atoms with van der Waals surface area (Å²) < 4.78 is 14.1. The third-order valence-electron chi connectivity index (χ3n) is 6.08. The van der Waals surface area contributed by atoms with E-state index in [1.54, 1.807) is 12.1 Å². The van der Waals surface area contributed by atoms with E-state index in [-0.39, 0.29) is 23.5 Å². The first-order valence-electron chi connectivity index (χ1n) is 11.0.